The summed E-state index contributed by atoms with van der Waals surface area (Å²) in [6.07, 6.45) is 2.99. The van der Waals surface area contributed by atoms with Crippen molar-refractivity contribution in [2.24, 2.45) is 0 Å². The molecule has 1 atom stereocenters. The normalized spacial score (nSPS) is 14.6. The molecule has 2 N–H and O–H groups in total. The Bertz CT molecular complexity index is 1070. The molecule has 0 saturated heterocycles. The number of carbonyl (C=O) groups is 1. The number of carboxylic acid groups (broad SMARTS) is 1. The number of fused-ring (bicyclic) bond motifs is 1. The predicted molar refractivity (Wildman–Crippen MR) is 105 cm³/mol. The number of ether oxygens (including phenoxy) is 1. The fraction of sp³-hybridized carbons (Fsp3) is 0.136. The average molecular weight is 371 g/mol. The van der Waals surface area contributed by atoms with Crippen LogP contribution in [-0.2, 0) is 0 Å². The molecule has 0 bridgehead atoms. The Morgan fingerprint density at radius 2 is 2.00 bits per heavy atom. The summed E-state index contributed by atoms with van der Waals surface area (Å²) in [6, 6.07) is 17.1. The highest BCUT2D eigenvalue weighted by Crippen LogP contribution is 2.37. The van der Waals surface area contributed by atoms with E-state index in [0.717, 1.165) is 22.4 Å². The number of nitrogens with one attached hydrogen (secondary N) is 1. The quantitative estimate of drug-likeness (QED) is 0.706. The van der Waals surface area contributed by atoms with Crippen LogP contribution in [0, 0.1) is 11.3 Å². The number of carboxylic acids is 1. The van der Waals surface area contributed by atoms with Crippen LogP contribution in [0.15, 0.2) is 60.9 Å². The summed E-state index contributed by atoms with van der Waals surface area (Å²) in [6.45, 7) is 1.08. The van der Waals surface area contributed by atoms with Gasteiger partial charge in [0.05, 0.1) is 35.7 Å². The maximum Gasteiger partial charge on any atom is 0.337 e. The van der Waals surface area contributed by atoms with Gasteiger partial charge in [-0.2, -0.15) is 5.26 Å². The predicted octanol–water partition coefficient (Wildman–Crippen LogP) is 3.91. The number of pyridine rings is 1. The fourth-order valence-electron chi connectivity index (χ4n) is 3.32. The summed E-state index contributed by atoms with van der Waals surface area (Å²) < 4.78 is 5.86. The zero-order chi connectivity index (χ0) is 19.5. The van der Waals surface area contributed by atoms with Gasteiger partial charge in [-0.15, -0.1) is 0 Å². The smallest absolute Gasteiger partial charge is 0.337 e. The molecule has 0 radical (unpaired) electrons. The van der Waals surface area contributed by atoms with Crippen LogP contribution in [-0.4, -0.2) is 29.2 Å². The molecule has 6 nitrogen and oxygen atoms in total. The Hall–Kier alpha value is -3.85. The second-order valence-electron chi connectivity index (χ2n) is 6.56. The van der Waals surface area contributed by atoms with E-state index in [1.165, 1.54) is 18.5 Å². The number of nitriles is 1. The molecule has 0 aliphatic carbocycles. The molecule has 1 unspecified atom stereocenters. The minimum Gasteiger partial charge on any atom is -0.493 e. The monoisotopic (exact) mass is 371 g/mol. The van der Waals surface area contributed by atoms with Crippen LogP contribution in [0.25, 0.3) is 11.1 Å². The SMILES string of the molecule is N#Cc1ccc(-c2ccc3c(c2)OCC3CNc2cnccc2C(=O)O)cc1. The maximum atomic E-state index is 11.3. The molecule has 28 heavy (non-hydrogen) atoms. The van der Waals surface area contributed by atoms with E-state index < -0.39 is 5.97 Å². The standard InChI is InChI=1S/C22H17N3O3/c23-10-14-1-3-15(4-2-14)16-5-6-18-17(13-28-21(18)9-16)11-25-20-12-24-8-7-19(20)22(26)27/h1-9,12,17,25H,11,13H2,(H,26,27). The molecule has 1 aromatic heterocycles. The third kappa shape index (κ3) is 3.38. The molecule has 0 spiro atoms. The van der Waals surface area contributed by atoms with Gasteiger partial charge >= 0.3 is 5.97 Å². The first-order valence-corrected chi connectivity index (χ1v) is 8.84. The summed E-state index contributed by atoms with van der Waals surface area (Å²) in [5.41, 5.74) is 4.46. The molecule has 3 aromatic rings. The van der Waals surface area contributed by atoms with Crippen LogP contribution in [0.4, 0.5) is 5.69 Å². The van der Waals surface area contributed by atoms with E-state index in [9.17, 15) is 9.90 Å². The van der Waals surface area contributed by atoms with Gasteiger partial charge in [0.1, 0.15) is 5.75 Å². The lowest BCUT2D eigenvalue weighted by molar-refractivity contribution is 0.0698. The second kappa shape index (κ2) is 7.41. The first-order valence-electron chi connectivity index (χ1n) is 8.84. The van der Waals surface area contributed by atoms with E-state index in [1.807, 2.05) is 30.3 Å². The van der Waals surface area contributed by atoms with Crippen LogP contribution in [0.3, 0.4) is 0 Å². The topological polar surface area (TPSA) is 95.2 Å². The number of hydrogen-bond donors (Lipinski definition) is 2. The van der Waals surface area contributed by atoms with Crippen molar-refractivity contribution in [2.45, 2.75) is 5.92 Å². The summed E-state index contributed by atoms with van der Waals surface area (Å²) in [5.74, 6) is -0.0369. The molecule has 1 aliphatic heterocycles. The number of nitrogens with zero attached hydrogens (tertiary/aromatic N) is 2. The Morgan fingerprint density at radius 1 is 1.21 bits per heavy atom. The van der Waals surface area contributed by atoms with Crippen molar-refractivity contribution < 1.29 is 14.6 Å². The molecule has 1 aliphatic rings. The largest absolute Gasteiger partial charge is 0.493 e. The third-order valence-electron chi connectivity index (χ3n) is 4.83. The molecule has 0 amide bonds. The van der Waals surface area contributed by atoms with E-state index in [2.05, 4.69) is 16.4 Å². The van der Waals surface area contributed by atoms with Gasteiger partial charge in [-0.05, 0) is 35.4 Å². The fourth-order valence-corrected chi connectivity index (χ4v) is 3.32. The Balaban J connectivity index is 1.51. The molecule has 4 rings (SSSR count). The first-order chi connectivity index (χ1) is 13.7. The highest BCUT2D eigenvalue weighted by Gasteiger charge is 2.25. The van der Waals surface area contributed by atoms with Crippen molar-refractivity contribution in [3.63, 3.8) is 0 Å². The number of hydrogen-bond acceptors (Lipinski definition) is 5. The molecule has 6 heteroatoms. The Kier molecular flexibility index (Phi) is 4.65. The van der Waals surface area contributed by atoms with Crippen molar-refractivity contribution >= 4 is 11.7 Å². The second-order valence-corrected chi connectivity index (χ2v) is 6.56. The molecule has 2 aromatic carbocycles. The van der Waals surface area contributed by atoms with Gasteiger partial charge in [-0.3, -0.25) is 4.98 Å². The third-order valence-corrected chi connectivity index (χ3v) is 4.83. The Labute approximate surface area is 162 Å². The minimum atomic E-state index is -0.986. The van der Waals surface area contributed by atoms with E-state index in [0.29, 0.717) is 24.4 Å². The summed E-state index contributed by atoms with van der Waals surface area (Å²) in [4.78, 5) is 15.3. The molecule has 138 valence electrons. The van der Waals surface area contributed by atoms with Gasteiger partial charge < -0.3 is 15.2 Å². The van der Waals surface area contributed by atoms with E-state index >= 15 is 0 Å². The number of aromatic nitrogens is 1. The van der Waals surface area contributed by atoms with Crippen LogP contribution in [0.2, 0.25) is 0 Å². The van der Waals surface area contributed by atoms with Crippen LogP contribution >= 0.6 is 0 Å². The Morgan fingerprint density at radius 3 is 2.75 bits per heavy atom. The van der Waals surface area contributed by atoms with Crippen molar-refractivity contribution in [1.29, 1.82) is 5.26 Å². The highest BCUT2D eigenvalue weighted by atomic mass is 16.5. The minimum absolute atomic E-state index is 0.117. The van der Waals surface area contributed by atoms with Crippen molar-refractivity contribution in [3.05, 3.63) is 77.6 Å². The van der Waals surface area contributed by atoms with E-state index in [4.69, 9.17) is 10.00 Å². The summed E-state index contributed by atoms with van der Waals surface area (Å²) in [7, 11) is 0. The van der Waals surface area contributed by atoms with Gasteiger partial charge in [0.2, 0.25) is 0 Å². The summed E-state index contributed by atoms with van der Waals surface area (Å²) in [5, 5.41) is 21.4. The molecular formula is C22H17N3O3. The number of benzene rings is 2. The lowest BCUT2D eigenvalue weighted by atomic mass is 9.97. The number of anilines is 1. The number of aromatic carboxylic acids is 1. The molecular weight excluding hydrogens is 354 g/mol. The van der Waals surface area contributed by atoms with Gasteiger partial charge in [0, 0.05) is 24.2 Å². The number of rotatable bonds is 5. The van der Waals surface area contributed by atoms with Crippen LogP contribution < -0.4 is 10.1 Å². The summed E-state index contributed by atoms with van der Waals surface area (Å²) >= 11 is 0. The van der Waals surface area contributed by atoms with Crippen molar-refractivity contribution in [2.75, 3.05) is 18.5 Å². The van der Waals surface area contributed by atoms with E-state index in [-0.39, 0.29) is 11.5 Å². The van der Waals surface area contributed by atoms with Gasteiger partial charge in [-0.25, -0.2) is 4.79 Å². The molecule has 0 saturated carbocycles. The zero-order valence-electron chi connectivity index (χ0n) is 14.9. The molecule has 2 heterocycles. The van der Waals surface area contributed by atoms with Crippen LogP contribution in [0.5, 0.6) is 5.75 Å². The maximum absolute atomic E-state index is 11.3. The lowest BCUT2D eigenvalue weighted by Crippen LogP contribution is -2.16. The van der Waals surface area contributed by atoms with Gasteiger partial charge in [0.15, 0.2) is 0 Å². The van der Waals surface area contributed by atoms with Gasteiger partial charge in [0.25, 0.3) is 0 Å². The van der Waals surface area contributed by atoms with Crippen molar-refractivity contribution in [3.8, 4) is 22.9 Å². The van der Waals surface area contributed by atoms with Crippen LogP contribution in [0.1, 0.15) is 27.4 Å². The van der Waals surface area contributed by atoms with Crippen molar-refractivity contribution in [1.82, 2.24) is 4.98 Å². The highest BCUT2D eigenvalue weighted by molar-refractivity contribution is 5.93. The van der Waals surface area contributed by atoms with Gasteiger partial charge in [-0.1, -0.05) is 24.3 Å². The lowest BCUT2D eigenvalue weighted by Gasteiger charge is -2.13. The first kappa shape index (κ1) is 17.6. The molecule has 0 fully saturated rings. The van der Waals surface area contributed by atoms with E-state index in [1.54, 1.807) is 12.1 Å². The zero-order valence-corrected chi connectivity index (χ0v) is 14.9. The average Bonchev–Trinajstić information content (AvgIpc) is 3.14.